The molecular formula is C50H83NO3. The fraction of sp³-hybridized carbons (Fsp3) is 0.620. The highest BCUT2D eigenvalue weighted by molar-refractivity contribution is 5.76. The number of hydrogen-bond donors (Lipinski definition) is 3. The first-order valence-electron chi connectivity index (χ1n) is 22.1. The van der Waals surface area contributed by atoms with Gasteiger partial charge in [-0.05, 0) is 89.9 Å². The van der Waals surface area contributed by atoms with Gasteiger partial charge in [0.05, 0.1) is 18.8 Å². The number of allylic oxidation sites excluding steroid dienone is 17. The molecule has 0 aromatic carbocycles. The van der Waals surface area contributed by atoms with Crippen LogP contribution in [0.15, 0.2) is 109 Å². The summed E-state index contributed by atoms with van der Waals surface area (Å²) >= 11 is 0. The maximum absolute atomic E-state index is 12.4. The summed E-state index contributed by atoms with van der Waals surface area (Å²) in [6.45, 7) is 4.15. The van der Waals surface area contributed by atoms with E-state index in [0.29, 0.717) is 6.42 Å². The van der Waals surface area contributed by atoms with Crippen LogP contribution >= 0.6 is 0 Å². The number of aliphatic hydroxyl groups excluding tert-OH is 2. The second-order valence-electron chi connectivity index (χ2n) is 14.4. The van der Waals surface area contributed by atoms with Crippen LogP contribution in [0.4, 0.5) is 0 Å². The molecule has 0 rings (SSSR count). The van der Waals surface area contributed by atoms with E-state index in [1.807, 2.05) is 6.08 Å². The molecule has 0 aliphatic heterocycles. The van der Waals surface area contributed by atoms with Gasteiger partial charge in [-0.3, -0.25) is 4.79 Å². The molecular weight excluding hydrogens is 663 g/mol. The Labute approximate surface area is 334 Å². The highest BCUT2D eigenvalue weighted by Crippen LogP contribution is 2.11. The van der Waals surface area contributed by atoms with Gasteiger partial charge in [-0.2, -0.15) is 0 Å². The zero-order valence-electron chi connectivity index (χ0n) is 34.9. The van der Waals surface area contributed by atoms with Gasteiger partial charge in [0.2, 0.25) is 5.91 Å². The third kappa shape index (κ3) is 40.2. The van der Waals surface area contributed by atoms with Gasteiger partial charge < -0.3 is 15.5 Å². The monoisotopic (exact) mass is 746 g/mol. The lowest BCUT2D eigenvalue weighted by Crippen LogP contribution is -2.45. The minimum Gasteiger partial charge on any atom is -0.394 e. The van der Waals surface area contributed by atoms with E-state index in [1.54, 1.807) is 6.08 Å². The first-order chi connectivity index (χ1) is 26.7. The molecule has 0 radical (unpaired) electrons. The zero-order chi connectivity index (χ0) is 39.3. The number of carbonyl (C=O) groups is 1. The number of rotatable bonds is 38. The number of hydrogen-bond acceptors (Lipinski definition) is 3. The van der Waals surface area contributed by atoms with E-state index in [4.69, 9.17) is 0 Å². The number of nitrogens with one attached hydrogen (secondary N) is 1. The summed E-state index contributed by atoms with van der Waals surface area (Å²) in [5, 5.41) is 22.9. The van der Waals surface area contributed by atoms with Gasteiger partial charge in [0.25, 0.3) is 0 Å². The third-order valence-electron chi connectivity index (χ3n) is 9.24. The van der Waals surface area contributed by atoms with Crippen LogP contribution in [-0.2, 0) is 4.79 Å². The van der Waals surface area contributed by atoms with E-state index in [-0.39, 0.29) is 12.5 Å². The lowest BCUT2D eigenvalue weighted by Gasteiger charge is -2.19. The van der Waals surface area contributed by atoms with Crippen molar-refractivity contribution in [1.82, 2.24) is 5.32 Å². The Morgan fingerprint density at radius 2 is 0.833 bits per heavy atom. The Balaban J connectivity index is 3.69. The minimum atomic E-state index is -0.873. The molecule has 0 saturated heterocycles. The Hall–Kier alpha value is -2.95. The molecule has 0 aromatic rings. The van der Waals surface area contributed by atoms with Gasteiger partial charge in [0, 0.05) is 6.42 Å². The van der Waals surface area contributed by atoms with Gasteiger partial charge in [-0.1, -0.05) is 194 Å². The van der Waals surface area contributed by atoms with Crippen molar-refractivity contribution < 1.29 is 15.0 Å². The van der Waals surface area contributed by atoms with Crippen LogP contribution in [-0.4, -0.2) is 34.9 Å². The Morgan fingerprint density at radius 1 is 0.463 bits per heavy atom. The molecule has 0 saturated carbocycles. The summed E-state index contributed by atoms with van der Waals surface area (Å²) in [4.78, 5) is 12.4. The van der Waals surface area contributed by atoms with Crippen molar-refractivity contribution >= 4 is 5.91 Å². The van der Waals surface area contributed by atoms with Crippen LogP contribution in [0.5, 0.6) is 0 Å². The summed E-state index contributed by atoms with van der Waals surface area (Å²) in [6.07, 6.45) is 67.6. The van der Waals surface area contributed by atoms with Crippen molar-refractivity contribution in [2.75, 3.05) is 6.61 Å². The predicted octanol–water partition coefficient (Wildman–Crippen LogP) is 14.0. The molecule has 4 nitrogen and oxygen atoms in total. The normalized spacial score (nSPS) is 14.1. The van der Waals surface area contributed by atoms with E-state index < -0.39 is 12.1 Å². The van der Waals surface area contributed by atoms with Crippen LogP contribution in [0, 0.1) is 0 Å². The maximum Gasteiger partial charge on any atom is 0.220 e. The Morgan fingerprint density at radius 3 is 1.30 bits per heavy atom. The molecule has 0 aliphatic carbocycles. The zero-order valence-corrected chi connectivity index (χ0v) is 34.9. The van der Waals surface area contributed by atoms with Crippen molar-refractivity contribution in [3.8, 4) is 0 Å². The number of amides is 1. The molecule has 0 bridgehead atoms. The average molecular weight is 746 g/mol. The topological polar surface area (TPSA) is 69.6 Å². The molecule has 2 unspecified atom stereocenters. The molecule has 0 heterocycles. The summed E-state index contributed by atoms with van der Waals surface area (Å²) < 4.78 is 0. The summed E-state index contributed by atoms with van der Waals surface area (Å²) in [6, 6.07) is -0.652. The van der Waals surface area contributed by atoms with E-state index in [0.717, 1.165) is 89.9 Å². The van der Waals surface area contributed by atoms with Crippen molar-refractivity contribution in [2.24, 2.45) is 0 Å². The van der Waals surface area contributed by atoms with Crippen molar-refractivity contribution in [1.29, 1.82) is 0 Å². The largest absolute Gasteiger partial charge is 0.394 e. The predicted molar refractivity (Wildman–Crippen MR) is 239 cm³/mol. The molecule has 306 valence electrons. The number of unbranched alkanes of at least 4 members (excludes halogenated alkanes) is 15. The molecule has 1 amide bonds. The van der Waals surface area contributed by atoms with Crippen LogP contribution in [0.2, 0.25) is 0 Å². The lowest BCUT2D eigenvalue weighted by molar-refractivity contribution is -0.123. The van der Waals surface area contributed by atoms with Crippen LogP contribution in [0.3, 0.4) is 0 Å². The standard InChI is InChI=1S/C50H83NO3/c1-3-5-7-9-11-13-15-17-18-19-20-21-22-23-24-25-26-27-28-29-30-31-32-34-36-38-40-42-44-46-50(54)51-48(47-52)49(53)45-43-41-39-37-35-33-16-14-12-10-8-6-4-2/h5,7,11,13,17-18,20-21,23-24,26-27,29-30,35,37,43,45,48-49,52-53H,3-4,6,8-10,12,14-16,19,22,25,28,31-34,36,38-42,44,46-47H2,1-2H3,(H,51,54)/b7-5-,13-11-,18-17-,21-20-,24-23-,27-26-,30-29-,37-35+,45-43+. The minimum absolute atomic E-state index is 0.0920. The Bertz CT molecular complexity index is 1070. The first-order valence-corrected chi connectivity index (χ1v) is 22.1. The van der Waals surface area contributed by atoms with Gasteiger partial charge in [-0.25, -0.2) is 0 Å². The van der Waals surface area contributed by atoms with Crippen molar-refractivity contribution in [2.45, 2.75) is 193 Å². The SMILES string of the molecule is CC/C=C\C/C=C\C/C=C\C/C=C\C/C=C\C/C=C\C/C=C\CCCCCCCCCC(=O)NC(CO)C(O)/C=C/CC/C=C/CCCCCCCCC. The lowest BCUT2D eigenvalue weighted by atomic mass is 10.1. The molecule has 0 aromatic heterocycles. The molecule has 0 fully saturated rings. The van der Waals surface area contributed by atoms with Crippen LogP contribution < -0.4 is 5.32 Å². The summed E-state index contributed by atoms with van der Waals surface area (Å²) in [7, 11) is 0. The maximum atomic E-state index is 12.4. The Kier molecular flexibility index (Phi) is 42.0. The fourth-order valence-corrected chi connectivity index (χ4v) is 5.88. The van der Waals surface area contributed by atoms with Crippen molar-refractivity contribution in [3.63, 3.8) is 0 Å². The van der Waals surface area contributed by atoms with E-state index >= 15 is 0 Å². The molecule has 54 heavy (non-hydrogen) atoms. The van der Waals surface area contributed by atoms with Gasteiger partial charge in [0.1, 0.15) is 0 Å². The van der Waals surface area contributed by atoms with E-state index in [2.05, 4.69) is 116 Å². The number of carbonyl (C=O) groups excluding carboxylic acids is 1. The quantitative estimate of drug-likeness (QED) is 0.0435. The van der Waals surface area contributed by atoms with Gasteiger partial charge in [0.15, 0.2) is 0 Å². The van der Waals surface area contributed by atoms with E-state index in [9.17, 15) is 15.0 Å². The van der Waals surface area contributed by atoms with E-state index in [1.165, 1.54) is 70.6 Å². The second kappa shape index (κ2) is 44.4. The third-order valence-corrected chi connectivity index (χ3v) is 9.24. The summed E-state index contributed by atoms with van der Waals surface area (Å²) in [5.74, 6) is -0.0920. The van der Waals surface area contributed by atoms with Crippen molar-refractivity contribution in [3.05, 3.63) is 109 Å². The first kappa shape index (κ1) is 51.0. The second-order valence-corrected chi connectivity index (χ2v) is 14.4. The van der Waals surface area contributed by atoms with Crippen LogP contribution in [0.1, 0.15) is 181 Å². The molecule has 0 spiro atoms. The molecule has 0 aliphatic rings. The van der Waals surface area contributed by atoms with Gasteiger partial charge >= 0.3 is 0 Å². The molecule has 4 heteroatoms. The summed E-state index contributed by atoms with van der Waals surface area (Å²) in [5.41, 5.74) is 0. The highest BCUT2D eigenvalue weighted by Gasteiger charge is 2.17. The highest BCUT2D eigenvalue weighted by atomic mass is 16.3. The number of aliphatic hydroxyl groups is 2. The molecule has 3 N–H and O–H groups in total. The van der Waals surface area contributed by atoms with Gasteiger partial charge in [-0.15, -0.1) is 0 Å². The smallest absolute Gasteiger partial charge is 0.220 e. The van der Waals surface area contributed by atoms with Crippen LogP contribution in [0.25, 0.3) is 0 Å². The molecule has 2 atom stereocenters. The fourth-order valence-electron chi connectivity index (χ4n) is 5.88. The average Bonchev–Trinajstić information content (AvgIpc) is 3.18.